The van der Waals surface area contributed by atoms with Gasteiger partial charge in [-0.1, -0.05) is 38.4 Å². The molecule has 0 bridgehead atoms. The third-order valence-corrected chi connectivity index (χ3v) is 6.15. The highest BCUT2D eigenvalue weighted by atomic mass is 35.5. The van der Waals surface area contributed by atoms with E-state index in [1.54, 1.807) is 24.7 Å². The van der Waals surface area contributed by atoms with E-state index in [-0.39, 0.29) is 5.41 Å². The van der Waals surface area contributed by atoms with Crippen molar-refractivity contribution in [2.45, 2.75) is 45.7 Å². The predicted octanol–water partition coefficient (Wildman–Crippen LogP) is 5.09. The van der Waals surface area contributed by atoms with Gasteiger partial charge < -0.3 is 16.1 Å². The number of hydrogen-bond donors (Lipinski definition) is 4. The summed E-state index contributed by atoms with van der Waals surface area (Å²) in [5.74, 6) is 0. The second kappa shape index (κ2) is 9.25. The average Bonchev–Trinajstić information content (AvgIpc) is 3.58. The van der Waals surface area contributed by atoms with E-state index >= 15 is 0 Å². The van der Waals surface area contributed by atoms with Crippen LogP contribution in [0.1, 0.15) is 52.1 Å². The predicted molar refractivity (Wildman–Crippen MR) is 139 cm³/mol. The van der Waals surface area contributed by atoms with E-state index in [2.05, 4.69) is 58.4 Å². The molecule has 1 aliphatic carbocycles. The topological polar surface area (TPSA) is 101 Å². The van der Waals surface area contributed by atoms with E-state index in [9.17, 15) is 6.63 Å². The molecule has 1 atom stereocenters. The van der Waals surface area contributed by atoms with Gasteiger partial charge in [0.25, 0.3) is 0 Å². The standard InChI is InChI=1S/C26H29ClN8/c1-26(2,3)15-31-23-17(11-28)13-30-25-20(23)9-18(10-21(25)27)32-24(16-5-4-8-29-12-16)22-14-35(34-33-22)19-6-7-19/h4-5,8-10,12-14,19,24,32-34H,6-7,15H2,1-3H3,(H,30,31)/i24D. The van der Waals surface area contributed by atoms with Crippen LogP contribution in [0.15, 0.2) is 54.8 Å². The summed E-state index contributed by atoms with van der Waals surface area (Å²) >= 11 is 6.69. The molecule has 5 rings (SSSR count). The number of halogens is 1. The first-order valence-electron chi connectivity index (χ1n) is 12.2. The summed E-state index contributed by atoms with van der Waals surface area (Å²) in [4.78, 5) is 8.70. The largest absolute Gasteiger partial charge is 0.383 e. The molecule has 0 saturated heterocycles. The first kappa shape index (κ1) is 22.0. The molecule has 9 heteroatoms. The minimum atomic E-state index is -1.39. The van der Waals surface area contributed by atoms with Crippen molar-refractivity contribution in [1.82, 2.24) is 25.9 Å². The van der Waals surface area contributed by atoms with Crippen LogP contribution in [0, 0.1) is 16.7 Å². The summed E-state index contributed by atoms with van der Waals surface area (Å²) in [5, 5.41) is 19.7. The Labute approximate surface area is 211 Å². The Morgan fingerprint density at radius 3 is 2.86 bits per heavy atom. The number of aromatic nitrogens is 2. The van der Waals surface area contributed by atoms with Crippen LogP contribution in [-0.2, 0) is 0 Å². The molecule has 0 radical (unpaired) electrons. The maximum atomic E-state index is 9.76. The fourth-order valence-corrected chi connectivity index (χ4v) is 4.18. The molecule has 2 aliphatic rings. The van der Waals surface area contributed by atoms with Gasteiger partial charge >= 0.3 is 0 Å². The van der Waals surface area contributed by atoms with Crippen LogP contribution in [0.4, 0.5) is 11.4 Å². The van der Waals surface area contributed by atoms with Crippen molar-refractivity contribution in [2.75, 3.05) is 17.2 Å². The van der Waals surface area contributed by atoms with Gasteiger partial charge in [0.1, 0.15) is 6.07 Å². The van der Waals surface area contributed by atoms with Gasteiger partial charge in [-0.2, -0.15) is 5.26 Å². The average molecular weight is 490 g/mol. The van der Waals surface area contributed by atoms with Gasteiger partial charge in [0.15, 0.2) is 0 Å². The lowest BCUT2D eigenvalue weighted by molar-refractivity contribution is 0.260. The number of nitrogens with zero attached hydrogens (tertiary/aromatic N) is 4. The van der Waals surface area contributed by atoms with E-state index in [0.29, 0.717) is 56.7 Å². The second-order valence-corrected chi connectivity index (χ2v) is 10.5. The van der Waals surface area contributed by atoms with Crippen LogP contribution >= 0.6 is 11.6 Å². The van der Waals surface area contributed by atoms with Crippen molar-refractivity contribution in [3.63, 3.8) is 0 Å². The Morgan fingerprint density at radius 1 is 1.34 bits per heavy atom. The zero-order valence-electron chi connectivity index (χ0n) is 21.0. The zero-order valence-corrected chi connectivity index (χ0v) is 20.7. The van der Waals surface area contributed by atoms with Gasteiger partial charge in [-0.3, -0.25) is 15.0 Å². The molecular weight excluding hydrogens is 460 g/mol. The normalized spacial score (nSPS) is 17.7. The first-order valence-corrected chi connectivity index (χ1v) is 12.0. The monoisotopic (exact) mass is 489 g/mol. The summed E-state index contributed by atoms with van der Waals surface area (Å²) in [5.41, 5.74) is 9.94. The molecular formula is C26H29ClN8. The number of nitriles is 1. The highest BCUT2D eigenvalue weighted by Crippen LogP contribution is 2.36. The molecule has 4 N–H and O–H groups in total. The minimum Gasteiger partial charge on any atom is -0.383 e. The molecule has 1 fully saturated rings. The maximum absolute atomic E-state index is 9.76. The summed E-state index contributed by atoms with van der Waals surface area (Å²) in [6, 6.07) is 8.60. The number of anilines is 2. The SMILES string of the molecule is [2H]C(Nc1cc(Cl)c2ncc(C#N)c(NCC(C)(C)C)c2c1)(C1=CN(C2CC2)NN1)c1cccnc1. The van der Waals surface area contributed by atoms with Crippen LogP contribution in [-0.4, -0.2) is 27.6 Å². The summed E-state index contributed by atoms with van der Waals surface area (Å²) < 4.78 is 9.55. The molecule has 1 aromatic carbocycles. The number of pyridine rings is 2. The van der Waals surface area contributed by atoms with E-state index in [4.69, 9.17) is 11.6 Å². The summed E-state index contributed by atoms with van der Waals surface area (Å²) in [6.45, 7) is 7.03. The molecule has 8 nitrogen and oxygen atoms in total. The lowest BCUT2D eigenvalue weighted by Gasteiger charge is -2.23. The molecule has 3 heterocycles. The van der Waals surface area contributed by atoms with Crippen LogP contribution in [0.25, 0.3) is 10.9 Å². The minimum absolute atomic E-state index is 0.000333. The van der Waals surface area contributed by atoms with Gasteiger partial charge in [0.2, 0.25) is 0 Å². The number of fused-ring (bicyclic) bond motifs is 1. The zero-order chi connectivity index (χ0) is 25.5. The molecule has 0 spiro atoms. The van der Waals surface area contributed by atoms with Crippen molar-refractivity contribution < 1.29 is 1.37 Å². The van der Waals surface area contributed by atoms with Crippen LogP contribution in [0.3, 0.4) is 0 Å². The third kappa shape index (κ3) is 5.11. The Hall–Kier alpha value is -3.54. The van der Waals surface area contributed by atoms with Crippen molar-refractivity contribution in [3.8, 4) is 6.07 Å². The second-order valence-electron chi connectivity index (χ2n) is 10.1. The van der Waals surface area contributed by atoms with Gasteiger partial charge in [-0.05, 0) is 42.0 Å². The molecule has 1 saturated carbocycles. The molecule has 3 aromatic rings. The lowest BCUT2D eigenvalue weighted by atomic mass is 9.96. The van der Waals surface area contributed by atoms with Crippen molar-refractivity contribution in [1.29, 1.82) is 5.26 Å². The van der Waals surface area contributed by atoms with Gasteiger partial charge in [0.05, 0.1) is 34.9 Å². The molecule has 1 aliphatic heterocycles. The van der Waals surface area contributed by atoms with E-state index in [0.717, 1.165) is 12.8 Å². The Kier molecular flexibility index (Phi) is 5.80. The summed E-state index contributed by atoms with van der Waals surface area (Å²) in [7, 11) is 0. The fourth-order valence-electron chi connectivity index (χ4n) is 3.92. The van der Waals surface area contributed by atoms with Crippen molar-refractivity contribution >= 4 is 33.9 Å². The highest BCUT2D eigenvalue weighted by Gasteiger charge is 2.32. The van der Waals surface area contributed by atoms with Gasteiger partial charge in [0, 0.05) is 48.5 Å². The first-order chi connectivity index (χ1) is 17.2. The highest BCUT2D eigenvalue weighted by molar-refractivity contribution is 6.35. The van der Waals surface area contributed by atoms with Crippen LogP contribution < -0.4 is 21.6 Å². The number of hydrazine groups is 2. The number of nitrogens with one attached hydrogen (secondary N) is 4. The van der Waals surface area contributed by atoms with Crippen LogP contribution in [0.5, 0.6) is 0 Å². The third-order valence-electron chi connectivity index (χ3n) is 5.86. The Bertz CT molecular complexity index is 1360. The lowest BCUT2D eigenvalue weighted by Crippen LogP contribution is -2.38. The van der Waals surface area contributed by atoms with Crippen molar-refractivity contribution in [2.24, 2.45) is 5.41 Å². The van der Waals surface area contributed by atoms with Crippen LogP contribution in [0.2, 0.25) is 5.02 Å². The smallest absolute Gasteiger partial charge is 0.103 e. The Morgan fingerprint density at radius 2 is 2.17 bits per heavy atom. The van der Waals surface area contributed by atoms with E-state index in [1.165, 1.54) is 0 Å². The molecule has 180 valence electrons. The molecule has 1 unspecified atom stereocenters. The number of benzene rings is 1. The Balaban J connectivity index is 1.59. The number of rotatable bonds is 7. The van der Waals surface area contributed by atoms with Gasteiger partial charge in [-0.15, -0.1) is 5.53 Å². The molecule has 0 amide bonds. The van der Waals surface area contributed by atoms with E-state index in [1.807, 2.05) is 29.4 Å². The van der Waals surface area contributed by atoms with Gasteiger partial charge in [-0.25, -0.2) is 0 Å². The summed E-state index contributed by atoms with van der Waals surface area (Å²) in [6.07, 6.45) is 9.06. The molecule has 2 aromatic heterocycles. The quantitative estimate of drug-likeness (QED) is 0.364. The van der Waals surface area contributed by atoms with Crippen molar-refractivity contribution in [3.05, 3.63) is 70.9 Å². The maximum Gasteiger partial charge on any atom is 0.103 e. The number of hydrogen-bond acceptors (Lipinski definition) is 8. The molecule has 35 heavy (non-hydrogen) atoms. The fraction of sp³-hybridized carbons (Fsp3) is 0.346. The van der Waals surface area contributed by atoms with E-state index < -0.39 is 6.02 Å².